The van der Waals surface area contributed by atoms with Gasteiger partial charge in [-0.2, -0.15) is 5.10 Å². The SMILES string of the molecule is O=c1c(NC2CCCC2CO)c(Cl)cnn1CC1CCC1. The van der Waals surface area contributed by atoms with E-state index in [1.54, 1.807) is 6.20 Å². The van der Waals surface area contributed by atoms with Crippen LogP contribution in [0, 0.1) is 11.8 Å². The molecule has 2 aliphatic rings. The molecule has 2 saturated carbocycles. The Bertz CT molecular complexity index is 556. The van der Waals surface area contributed by atoms with E-state index in [-0.39, 0.29) is 24.1 Å². The van der Waals surface area contributed by atoms with E-state index in [0.29, 0.717) is 23.2 Å². The predicted octanol–water partition coefficient (Wildman–Crippen LogP) is 2.27. The van der Waals surface area contributed by atoms with Crippen molar-refractivity contribution in [3.05, 3.63) is 21.6 Å². The van der Waals surface area contributed by atoms with Gasteiger partial charge in [-0.15, -0.1) is 0 Å². The smallest absolute Gasteiger partial charge is 0.291 e. The summed E-state index contributed by atoms with van der Waals surface area (Å²) in [5.74, 6) is 0.773. The van der Waals surface area contributed by atoms with E-state index in [9.17, 15) is 9.90 Å². The zero-order valence-electron chi connectivity index (χ0n) is 12.1. The number of nitrogens with zero attached hydrogens (tertiary/aromatic N) is 2. The van der Waals surface area contributed by atoms with Crippen molar-refractivity contribution in [3.63, 3.8) is 0 Å². The molecule has 3 rings (SSSR count). The second-order valence-electron chi connectivity index (χ2n) is 6.28. The fraction of sp³-hybridized carbons (Fsp3) is 0.733. The number of aromatic nitrogens is 2. The van der Waals surface area contributed by atoms with E-state index in [1.807, 2.05) is 0 Å². The van der Waals surface area contributed by atoms with Crippen molar-refractivity contribution in [1.29, 1.82) is 0 Å². The van der Waals surface area contributed by atoms with Crippen LogP contribution in [0.4, 0.5) is 5.69 Å². The molecule has 1 heterocycles. The van der Waals surface area contributed by atoms with Crippen LogP contribution in [-0.2, 0) is 6.54 Å². The molecule has 0 aliphatic heterocycles. The van der Waals surface area contributed by atoms with Crippen LogP contribution in [0.25, 0.3) is 0 Å². The Morgan fingerprint density at radius 3 is 2.76 bits per heavy atom. The summed E-state index contributed by atoms with van der Waals surface area (Å²) in [7, 11) is 0. The molecule has 5 nitrogen and oxygen atoms in total. The van der Waals surface area contributed by atoms with Gasteiger partial charge in [0.05, 0.1) is 11.2 Å². The van der Waals surface area contributed by atoms with Crippen LogP contribution in [0.2, 0.25) is 5.02 Å². The van der Waals surface area contributed by atoms with Gasteiger partial charge in [0.25, 0.3) is 5.56 Å². The molecule has 0 saturated heterocycles. The predicted molar refractivity (Wildman–Crippen MR) is 82.7 cm³/mol. The highest BCUT2D eigenvalue weighted by Gasteiger charge is 2.28. The highest BCUT2D eigenvalue weighted by Crippen LogP contribution is 2.30. The molecule has 1 aromatic heterocycles. The highest BCUT2D eigenvalue weighted by molar-refractivity contribution is 6.33. The third-order valence-electron chi connectivity index (χ3n) is 4.88. The Balaban J connectivity index is 1.79. The Hall–Kier alpha value is -1.07. The zero-order chi connectivity index (χ0) is 14.8. The van der Waals surface area contributed by atoms with Crippen LogP contribution in [0.1, 0.15) is 38.5 Å². The van der Waals surface area contributed by atoms with Gasteiger partial charge in [0.15, 0.2) is 0 Å². The standard InChI is InChI=1S/C15H22ClN3O2/c16-12-7-17-19(8-10-3-1-4-10)15(21)14(12)18-13-6-2-5-11(13)9-20/h7,10-11,13,18,20H,1-6,8-9H2. The summed E-state index contributed by atoms with van der Waals surface area (Å²) in [6.07, 6.45) is 8.18. The fourth-order valence-corrected chi connectivity index (χ4v) is 3.46. The number of aliphatic hydroxyl groups excluding tert-OH is 1. The van der Waals surface area contributed by atoms with Gasteiger partial charge in [-0.1, -0.05) is 24.4 Å². The van der Waals surface area contributed by atoms with E-state index in [1.165, 1.54) is 23.9 Å². The van der Waals surface area contributed by atoms with Gasteiger partial charge in [0.1, 0.15) is 5.69 Å². The van der Waals surface area contributed by atoms with Crippen LogP contribution in [0.15, 0.2) is 11.0 Å². The number of hydrogen-bond donors (Lipinski definition) is 2. The minimum absolute atomic E-state index is 0.125. The number of hydrogen-bond acceptors (Lipinski definition) is 4. The number of halogens is 1. The van der Waals surface area contributed by atoms with Crippen LogP contribution < -0.4 is 10.9 Å². The minimum atomic E-state index is -0.141. The Morgan fingerprint density at radius 1 is 1.33 bits per heavy atom. The van der Waals surface area contributed by atoms with Crippen molar-refractivity contribution in [1.82, 2.24) is 9.78 Å². The average molecular weight is 312 g/mol. The third kappa shape index (κ3) is 3.09. The van der Waals surface area contributed by atoms with Crippen LogP contribution in [-0.4, -0.2) is 27.5 Å². The molecular formula is C15H22ClN3O2. The van der Waals surface area contributed by atoms with Crippen LogP contribution >= 0.6 is 11.6 Å². The molecule has 116 valence electrons. The van der Waals surface area contributed by atoms with Crippen molar-refractivity contribution < 1.29 is 5.11 Å². The lowest BCUT2D eigenvalue weighted by Crippen LogP contribution is -2.34. The molecule has 1 aromatic rings. The van der Waals surface area contributed by atoms with E-state index >= 15 is 0 Å². The van der Waals surface area contributed by atoms with Crippen LogP contribution in [0.3, 0.4) is 0 Å². The van der Waals surface area contributed by atoms with Gasteiger partial charge in [-0.05, 0) is 31.6 Å². The lowest BCUT2D eigenvalue weighted by Gasteiger charge is -2.26. The molecule has 0 aromatic carbocycles. The lowest BCUT2D eigenvalue weighted by atomic mass is 9.85. The van der Waals surface area contributed by atoms with Crippen molar-refractivity contribution in [3.8, 4) is 0 Å². The van der Waals surface area contributed by atoms with Gasteiger partial charge < -0.3 is 10.4 Å². The monoisotopic (exact) mass is 311 g/mol. The summed E-state index contributed by atoms with van der Waals surface area (Å²) >= 11 is 6.15. The fourth-order valence-electron chi connectivity index (χ4n) is 3.28. The second kappa shape index (κ2) is 6.36. The summed E-state index contributed by atoms with van der Waals surface area (Å²) < 4.78 is 1.53. The van der Waals surface area contributed by atoms with Gasteiger partial charge >= 0.3 is 0 Å². The summed E-state index contributed by atoms with van der Waals surface area (Å²) in [5, 5.41) is 17.2. The molecule has 2 N–H and O–H groups in total. The molecule has 2 atom stereocenters. The first-order valence-electron chi connectivity index (χ1n) is 7.82. The second-order valence-corrected chi connectivity index (χ2v) is 6.68. The topological polar surface area (TPSA) is 67.2 Å². The molecule has 21 heavy (non-hydrogen) atoms. The Morgan fingerprint density at radius 2 is 2.10 bits per heavy atom. The lowest BCUT2D eigenvalue weighted by molar-refractivity contribution is 0.222. The van der Waals surface area contributed by atoms with E-state index in [0.717, 1.165) is 19.3 Å². The maximum absolute atomic E-state index is 12.5. The van der Waals surface area contributed by atoms with Crippen molar-refractivity contribution in [2.45, 2.75) is 51.1 Å². The van der Waals surface area contributed by atoms with Crippen molar-refractivity contribution >= 4 is 17.3 Å². The van der Waals surface area contributed by atoms with Crippen molar-refractivity contribution in [2.75, 3.05) is 11.9 Å². The first kappa shape index (κ1) is 14.9. The van der Waals surface area contributed by atoms with E-state index in [2.05, 4.69) is 10.4 Å². The molecule has 6 heteroatoms. The summed E-state index contributed by atoms with van der Waals surface area (Å²) in [6, 6.07) is 0.125. The van der Waals surface area contributed by atoms with Gasteiger partial charge in [0.2, 0.25) is 0 Å². The number of aliphatic hydroxyl groups is 1. The Kier molecular flexibility index (Phi) is 4.50. The number of anilines is 1. The molecule has 2 unspecified atom stereocenters. The first-order valence-corrected chi connectivity index (χ1v) is 8.20. The molecule has 2 aliphatic carbocycles. The highest BCUT2D eigenvalue weighted by atomic mass is 35.5. The van der Waals surface area contributed by atoms with Crippen LogP contribution in [0.5, 0.6) is 0 Å². The number of nitrogens with one attached hydrogen (secondary N) is 1. The maximum Gasteiger partial charge on any atom is 0.291 e. The summed E-state index contributed by atoms with van der Waals surface area (Å²) in [6.45, 7) is 0.829. The zero-order valence-corrected chi connectivity index (χ0v) is 12.9. The maximum atomic E-state index is 12.5. The van der Waals surface area contributed by atoms with Gasteiger partial charge in [-0.25, -0.2) is 4.68 Å². The average Bonchev–Trinajstić information content (AvgIpc) is 2.88. The molecule has 0 amide bonds. The first-order chi connectivity index (χ1) is 10.2. The molecule has 2 fully saturated rings. The van der Waals surface area contributed by atoms with Gasteiger partial charge in [0, 0.05) is 25.1 Å². The largest absolute Gasteiger partial charge is 0.396 e. The minimum Gasteiger partial charge on any atom is -0.396 e. The van der Waals surface area contributed by atoms with E-state index in [4.69, 9.17) is 11.6 Å². The summed E-state index contributed by atoms with van der Waals surface area (Å²) in [4.78, 5) is 12.5. The molecule has 0 radical (unpaired) electrons. The quantitative estimate of drug-likeness (QED) is 0.875. The third-order valence-corrected chi connectivity index (χ3v) is 5.16. The summed E-state index contributed by atoms with van der Waals surface area (Å²) in [5.41, 5.74) is 0.300. The van der Waals surface area contributed by atoms with Crippen molar-refractivity contribution in [2.24, 2.45) is 11.8 Å². The molecule has 0 spiro atoms. The molecular weight excluding hydrogens is 290 g/mol. The number of rotatable bonds is 5. The Labute approximate surface area is 129 Å². The molecule has 0 bridgehead atoms. The normalized spacial score (nSPS) is 25.8. The van der Waals surface area contributed by atoms with E-state index < -0.39 is 0 Å². The van der Waals surface area contributed by atoms with Gasteiger partial charge in [-0.3, -0.25) is 4.79 Å².